The molecule has 1 aromatic rings. The summed E-state index contributed by atoms with van der Waals surface area (Å²) >= 11 is 0. The molecule has 3 fully saturated rings. The van der Waals surface area contributed by atoms with Gasteiger partial charge in [-0.05, 0) is 43.4 Å². The highest BCUT2D eigenvalue weighted by Gasteiger charge is 2.33. The summed E-state index contributed by atoms with van der Waals surface area (Å²) in [6.45, 7) is 6.88. The second-order valence-corrected chi connectivity index (χ2v) is 8.55. The number of carbonyl (C=O) groups excluding carboxylic acids is 1. The van der Waals surface area contributed by atoms with E-state index in [1.807, 2.05) is 6.07 Å². The van der Waals surface area contributed by atoms with Crippen LogP contribution in [-0.2, 0) is 4.79 Å². The zero-order valence-corrected chi connectivity index (χ0v) is 16.6. The Hall–Kier alpha value is -1.79. The van der Waals surface area contributed by atoms with E-state index in [9.17, 15) is 4.79 Å². The van der Waals surface area contributed by atoms with Crippen LogP contribution in [-0.4, -0.2) is 79.1 Å². The predicted octanol–water partition coefficient (Wildman–Crippen LogP) is 2.29. The summed E-state index contributed by atoms with van der Waals surface area (Å²) in [4.78, 5) is 20.1. The molecular formula is C22H31N3O3. The van der Waals surface area contributed by atoms with Crippen molar-refractivity contribution in [3.8, 4) is 11.5 Å². The zero-order chi connectivity index (χ0) is 18.9. The Morgan fingerprint density at radius 2 is 1.71 bits per heavy atom. The Balaban J connectivity index is 1.20. The second kappa shape index (κ2) is 7.91. The van der Waals surface area contributed by atoms with Crippen LogP contribution in [0.3, 0.4) is 0 Å². The fourth-order valence-electron chi connectivity index (χ4n) is 5.00. The lowest BCUT2D eigenvalue weighted by atomic mass is 9.91. The van der Waals surface area contributed by atoms with Crippen molar-refractivity contribution in [1.29, 1.82) is 0 Å². The first-order valence-electron chi connectivity index (χ1n) is 10.9. The lowest BCUT2D eigenvalue weighted by Gasteiger charge is -2.43. The third-order valence-corrected chi connectivity index (χ3v) is 6.88. The van der Waals surface area contributed by atoms with Gasteiger partial charge in [0.15, 0.2) is 11.5 Å². The lowest BCUT2D eigenvalue weighted by Crippen LogP contribution is -2.54. The molecule has 0 aromatic heterocycles. The van der Waals surface area contributed by atoms with Gasteiger partial charge in [-0.15, -0.1) is 0 Å². The Kier molecular flexibility index (Phi) is 5.16. The fraction of sp³-hybridized carbons (Fsp3) is 0.682. The highest BCUT2D eigenvalue weighted by Crippen LogP contribution is 2.38. The van der Waals surface area contributed by atoms with Gasteiger partial charge >= 0.3 is 0 Å². The number of fused-ring (bicyclic) bond motifs is 1. The third-order valence-electron chi connectivity index (χ3n) is 6.88. The van der Waals surface area contributed by atoms with Crippen molar-refractivity contribution in [2.75, 3.05) is 52.5 Å². The minimum absolute atomic E-state index is 0.166. The number of nitrogens with zero attached hydrogens (tertiary/aromatic N) is 3. The summed E-state index contributed by atoms with van der Waals surface area (Å²) in [6, 6.07) is 7.14. The predicted molar refractivity (Wildman–Crippen MR) is 107 cm³/mol. The van der Waals surface area contributed by atoms with Crippen LogP contribution < -0.4 is 9.47 Å². The Bertz CT molecular complexity index is 713. The summed E-state index contributed by atoms with van der Waals surface area (Å²) in [5.41, 5.74) is 1.17. The van der Waals surface area contributed by atoms with Gasteiger partial charge in [0, 0.05) is 38.8 Å². The van der Waals surface area contributed by atoms with Crippen LogP contribution in [0.1, 0.15) is 43.7 Å². The van der Waals surface area contributed by atoms with E-state index in [0.717, 1.165) is 63.1 Å². The van der Waals surface area contributed by atoms with Gasteiger partial charge < -0.3 is 14.4 Å². The molecule has 2 saturated heterocycles. The van der Waals surface area contributed by atoms with Crippen molar-refractivity contribution in [2.24, 2.45) is 0 Å². The van der Waals surface area contributed by atoms with Gasteiger partial charge in [-0.2, -0.15) is 0 Å². The van der Waals surface area contributed by atoms with E-state index in [0.29, 0.717) is 19.8 Å². The average Bonchev–Trinajstić information content (AvgIpc) is 3.18. The van der Waals surface area contributed by atoms with E-state index in [4.69, 9.17) is 9.47 Å². The maximum absolute atomic E-state index is 13.1. The van der Waals surface area contributed by atoms with E-state index < -0.39 is 0 Å². The van der Waals surface area contributed by atoms with E-state index in [1.54, 1.807) is 0 Å². The first kappa shape index (κ1) is 18.3. The molecular weight excluding hydrogens is 354 g/mol. The number of amides is 1. The molecule has 0 spiro atoms. The lowest BCUT2D eigenvalue weighted by molar-refractivity contribution is -0.134. The van der Waals surface area contributed by atoms with Gasteiger partial charge in [-0.25, -0.2) is 0 Å². The average molecular weight is 386 g/mol. The number of rotatable bonds is 4. The largest absolute Gasteiger partial charge is 0.486 e. The number of carbonyl (C=O) groups is 1. The van der Waals surface area contributed by atoms with Gasteiger partial charge in [-0.1, -0.05) is 12.5 Å². The highest BCUT2D eigenvalue weighted by molar-refractivity contribution is 5.79. The molecule has 6 nitrogen and oxygen atoms in total. The number of likely N-dealkylation sites (tertiary alicyclic amines) is 1. The van der Waals surface area contributed by atoms with Crippen molar-refractivity contribution in [2.45, 2.75) is 44.2 Å². The monoisotopic (exact) mass is 385 g/mol. The SMILES string of the molecule is O=C(CN1CCN(C2CCC2)CC1)N1CCC[C@H]1c1ccc2c(c1)OCCO2. The van der Waals surface area contributed by atoms with Gasteiger partial charge in [0.05, 0.1) is 12.6 Å². The van der Waals surface area contributed by atoms with Gasteiger partial charge in [-0.3, -0.25) is 14.6 Å². The molecule has 0 N–H and O–H groups in total. The Morgan fingerprint density at radius 1 is 0.929 bits per heavy atom. The minimum atomic E-state index is 0.166. The molecule has 1 aliphatic carbocycles. The van der Waals surface area contributed by atoms with Crippen LogP contribution in [0, 0.1) is 0 Å². The summed E-state index contributed by atoms with van der Waals surface area (Å²) in [7, 11) is 0. The zero-order valence-electron chi connectivity index (χ0n) is 16.6. The number of ether oxygens (including phenoxy) is 2. The first-order chi connectivity index (χ1) is 13.8. The van der Waals surface area contributed by atoms with Crippen molar-refractivity contribution in [3.05, 3.63) is 23.8 Å². The standard InChI is InChI=1S/C22H31N3O3/c26-22(16-23-9-11-24(12-10-23)18-3-1-4-18)25-8-2-5-19(25)17-6-7-20-21(15-17)28-14-13-27-20/h6-7,15,18-19H,1-5,8-14,16H2/t19-/m0/s1. The Morgan fingerprint density at radius 3 is 2.46 bits per heavy atom. The third kappa shape index (κ3) is 3.60. The van der Waals surface area contributed by atoms with Crippen LogP contribution >= 0.6 is 0 Å². The number of hydrogen-bond donors (Lipinski definition) is 0. The number of piperazine rings is 1. The van der Waals surface area contributed by atoms with Gasteiger partial charge in [0.2, 0.25) is 5.91 Å². The molecule has 1 amide bonds. The van der Waals surface area contributed by atoms with Crippen molar-refractivity contribution in [3.63, 3.8) is 0 Å². The van der Waals surface area contributed by atoms with E-state index in [2.05, 4.69) is 26.8 Å². The van der Waals surface area contributed by atoms with E-state index >= 15 is 0 Å². The molecule has 4 aliphatic rings. The topological polar surface area (TPSA) is 45.3 Å². The van der Waals surface area contributed by atoms with Crippen molar-refractivity contribution < 1.29 is 14.3 Å². The van der Waals surface area contributed by atoms with Crippen LogP contribution in [0.2, 0.25) is 0 Å². The number of benzene rings is 1. The molecule has 0 bridgehead atoms. The molecule has 0 radical (unpaired) electrons. The van der Waals surface area contributed by atoms with E-state index in [1.165, 1.54) is 24.8 Å². The minimum Gasteiger partial charge on any atom is -0.486 e. The second-order valence-electron chi connectivity index (χ2n) is 8.55. The van der Waals surface area contributed by atoms with Gasteiger partial charge in [0.25, 0.3) is 0 Å². The molecule has 0 unspecified atom stereocenters. The Labute approximate surface area is 167 Å². The quantitative estimate of drug-likeness (QED) is 0.796. The summed E-state index contributed by atoms with van der Waals surface area (Å²) in [5.74, 6) is 1.90. The molecule has 28 heavy (non-hydrogen) atoms. The fourth-order valence-corrected chi connectivity index (χ4v) is 5.00. The molecule has 3 aliphatic heterocycles. The summed E-state index contributed by atoms with van der Waals surface area (Å²) in [6.07, 6.45) is 6.22. The molecule has 152 valence electrons. The molecule has 6 heteroatoms. The summed E-state index contributed by atoms with van der Waals surface area (Å²) in [5, 5.41) is 0. The van der Waals surface area contributed by atoms with Crippen LogP contribution in [0.5, 0.6) is 11.5 Å². The van der Waals surface area contributed by atoms with Gasteiger partial charge in [0.1, 0.15) is 13.2 Å². The first-order valence-corrected chi connectivity index (χ1v) is 10.9. The van der Waals surface area contributed by atoms with E-state index in [-0.39, 0.29) is 11.9 Å². The number of hydrogen-bond acceptors (Lipinski definition) is 5. The normalized spacial score (nSPS) is 26.3. The molecule has 5 rings (SSSR count). The molecule has 1 atom stereocenters. The van der Waals surface area contributed by atoms with Crippen LogP contribution in [0.15, 0.2) is 18.2 Å². The molecule has 1 aromatic carbocycles. The highest BCUT2D eigenvalue weighted by atomic mass is 16.6. The maximum atomic E-state index is 13.1. The molecule has 3 heterocycles. The maximum Gasteiger partial charge on any atom is 0.237 e. The molecule has 1 saturated carbocycles. The van der Waals surface area contributed by atoms with Crippen molar-refractivity contribution >= 4 is 5.91 Å². The van der Waals surface area contributed by atoms with Crippen LogP contribution in [0.25, 0.3) is 0 Å². The smallest absolute Gasteiger partial charge is 0.237 e. The van der Waals surface area contributed by atoms with Crippen LogP contribution in [0.4, 0.5) is 0 Å². The van der Waals surface area contributed by atoms with Crippen molar-refractivity contribution in [1.82, 2.24) is 14.7 Å². The summed E-state index contributed by atoms with van der Waals surface area (Å²) < 4.78 is 11.4.